The summed E-state index contributed by atoms with van der Waals surface area (Å²) < 4.78 is 34.9. The number of hydrogen-bond donors (Lipinski definition) is 0. The van der Waals surface area contributed by atoms with Gasteiger partial charge >= 0.3 is 0 Å². The van der Waals surface area contributed by atoms with Gasteiger partial charge in [0, 0.05) is 22.7 Å². The van der Waals surface area contributed by atoms with Gasteiger partial charge in [-0.25, -0.2) is 4.98 Å². The lowest BCUT2D eigenvalue weighted by Crippen LogP contribution is -2.41. The fourth-order valence-corrected chi connectivity index (χ4v) is 2.89. The van der Waals surface area contributed by atoms with Gasteiger partial charge in [-0.3, -0.25) is 0 Å². The van der Waals surface area contributed by atoms with E-state index < -0.39 is 15.2 Å². The molecule has 0 saturated carbocycles. The number of rotatable bonds is 5. The molecule has 0 atom stereocenters. The highest BCUT2D eigenvalue weighted by atomic mass is 28.4. The molecule has 2 rings (SSSR count). The summed E-state index contributed by atoms with van der Waals surface area (Å²) in [5.41, 5.74) is 1.22. The van der Waals surface area contributed by atoms with Crippen LogP contribution >= 0.6 is 0 Å². The average Bonchev–Trinajstić information content (AvgIpc) is 2.91. The maximum absolute atomic E-state index is 7.71. The van der Waals surface area contributed by atoms with Gasteiger partial charge in [-0.1, -0.05) is 39.0 Å². The highest BCUT2D eigenvalue weighted by Gasteiger charge is 2.36. The fraction of sp³-hybridized carbons (Fsp3) is 0.500. The number of oxazole rings is 1. The van der Waals surface area contributed by atoms with Gasteiger partial charge in [-0.2, -0.15) is 0 Å². The Labute approximate surface area is 139 Å². The van der Waals surface area contributed by atoms with Crippen molar-refractivity contribution in [3.63, 3.8) is 0 Å². The molecule has 1 aromatic heterocycles. The van der Waals surface area contributed by atoms with Crippen LogP contribution in [-0.4, -0.2) is 19.9 Å². The molecule has 0 aliphatic rings. The predicted molar refractivity (Wildman–Crippen MR) is 93.5 cm³/mol. The third kappa shape index (κ3) is 3.87. The summed E-state index contributed by atoms with van der Waals surface area (Å²) in [5.74, 6) is 0.305. The molecule has 0 saturated heterocycles. The molecule has 120 valence electrons. The van der Waals surface area contributed by atoms with E-state index in [0.29, 0.717) is 24.6 Å². The lowest BCUT2D eigenvalue weighted by molar-refractivity contribution is 0.290. The first-order valence-corrected chi connectivity index (χ1v) is 10.5. The standard InChI is InChI=1S/C18H27NO2Si/c1-14-16(12-13-20-22(5,6)18(2,3)4)19-17(21-14)15-10-8-7-9-11-15/h7-11H,12-13H2,1-6H3/i1D3. The maximum Gasteiger partial charge on any atom is 0.226 e. The summed E-state index contributed by atoms with van der Waals surface area (Å²) in [5, 5.41) is 0.110. The third-order valence-electron chi connectivity index (χ3n) is 4.33. The van der Waals surface area contributed by atoms with Crippen molar-refractivity contribution in [1.82, 2.24) is 4.98 Å². The summed E-state index contributed by atoms with van der Waals surface area (Å²) in [6, 6.07) is 9.34. The van der Waals surface area contributed by atoms with Gasteiger partial charge in [0.1, 0.15) is 5.76 Å². The van der Waals surface area contributed by atoms with E-state index in [1.165, 1.54) is 0 Å². The van der Waals surface area contributed by atoms with Crippen LogP contribution in [0.3, 0.4) is 0 Å². The molecule has 4 heteroatoms. The second-order valence-corrected chi connectivity index (χ2v) is 11.8. The Kier molecular flexibility index (Phi) is 3.80. The van der Waals surface area contributed by atoms with Crippen molar-refractivity contribution in [2.45, 2.75) is 52.2 Å². The van der Waals surface area contributed by atoms with E-state index in [4.69, 9.17) is 13.0 Å². The summed E-state index contributed by atoms with van der Waals surface area (Å²) in [6.45, 7) is 9.00. The largest absolute Gasteiger partial charge is 0.441 e. The molecule has 3 nitrogen and oxygen atoms in total. The highest BCUT2D eigenvalue weighted by molar-refractivity contribution is 6.74. The van der Waals surface area contributed by atoms with Gasteiger partial charge in [-0.05, 0) is 37.1 Å². The fourth-order valence-electron chi connectivity index (χ4n) is 1.84. The van der Waals surface area contributed by atoms with Crippen molar-refractivity contribution < 1.29 is 13.0 Å². The summed E-state index contributed by atoms with van der Waals surface area (Å²) in [4.78, 5) is 4.44. The molecule has 22 heavy (non-hydrogen) atoms. The van der Waals surface area contributed by atoms with Crippen molar-refractivity contribution in [2.75, 3.05) is 6.61 Å². The molecular weight excluding hydrogens is 290 g/mol. The third-order valence-corrected chi connectivity index (χ3v) is 8.86. The van der Waals surface area contributed by atoms with Gasteiger partial charge in [0.05, 0.1) is 5.69 Å². The molecule has 0 amide bonds. The van der Waals surface area contributed by atoms with Crippen LogP contribution in [0.1, 0.15) is 36.3 Å². The average molecular weight is 321 g/mol. The Hall–Kier alpha value is -1.39. The molecule has 0 radical (unpaired) electrons. The van der Waals surface area contributed by atoms with Crippen molar-refractivity contribution in [3.05, 3.63) is 41.8 Å². The van der Waals surface area contributed by atoms with Crippen molar-refractivity contribution in [2.24, 2.45) is 0 Å². The second kappa shape index (κ2) is 6.38. The lowest BCUT2D eigenvalue weighted by Gasteiger charge is -2.36. The summed E-state index contributed by atoms with van der Waals surface area (Å²) >= 11 is 0. The highest BCUT2D eigenvalue weighted by Crippen LogP contribution is 2.36. The Morgan fingerprint density at radius 3 is 2.50 bits per heavy atom. The van der Waals surface area contributed by atoms with Crippen molar-refractivity contribution in [3.8, 4) is 11.5 Å². The van der Waals surface area contributed by atoms with E-state index in [-0.39, 0.29) is 10.8 Å². The first kappa shape index (κ1) is 13.1. The monoisotopic (exact) mass is 320 g/mol. The number of benzene rings is 1. The number of nitrogens with zero attached hydrogens (tertiary/aromatic N) is 1. The number of aryl methyl sites for hydroxylation is 1. The molecule has 0 bridgehead atoms. The van der Waals surface area contributed by atoms with Gasteiger partial charge in [0.2, 0.25) is 5.89 Å². The maximum atomic E-state index is 7.71. The van der Waals surface area contributed by atoms with Crippen LogP contribution in [0.15, 0.2) is 34.7 Å². The minimum Gasteiger partial charge on any atom is -0.441 e. The zero-order valence-electron chi connectivity index (χ0n) is 17.1. The van der Waals surface area contributed by atoms with E-state index in [0.717, 1.165) is 5.56 Å². The second-order valence-electron chi connectivity index (χ2n) is 7.02. The predicted octanol–water partition coefficient (Wildman–Crippen LogP) is 5.21. The Balaban J connectivity index is 2.21. The van der Waals surface area contributed by atoms with Crippen molar-refractivity contribution >= 4 is 8.32 Å². The van der Waals surface area contributed by atoms with E-state index >= 15 is 0 Å². The molecule has 1 heterocycles. The van der Waals surface area contributed by atoms with Crippen LogP contribution in [0.2, 0.25) is 18.1 Å². The van der Waals surface area contributed by atoms with Crippen LogP contribution in [0.5, 0.6) is 0 Å². The molecule has 0 unspecified atom stereocenters. The Bertz CT molecular complexity index is 703. The summed E-state index contributed by atoms with van der Waals surface area (Å²) in [6.07, 6.45) is 0.427. The molecule has 0 spiro atoms. The van der Waals surface area contributed by atoms with Gasteiger partial charge < -0.3 is 8.84 Å². The van der Waals surface area contributed by atoms with Crippen molar-refractivity contribution in [1.29, 1.82) is 0 Å². The van der Waals surface area contributed by atoms with E-state index in [1.807, 2.05) is 30.3 Å². The normalized spacial score (nSPS) is 15.2. The van der Waals surface area contributed by atoms with E-state index in [1.54, 1.807) is 0 Å². The smallest absolute Gasteiger partial charge is 0.226 e. The topological polar surface area (TPSA) is 35.3 Å². The Morgan fingerprint density at radius 2 is 1.91 bits per heavy atom. The molecule has 0 fully saturated rings. The number of aromatic nitrogens is 1. The molecule has 0 aliphatic carbocycles. The van der Waals surface area contributed by atoms with Gasteiger partial charge in [0.25, 0.3) is 0 Å². The minimum absolute atomic E-state index is 0.0369. The molecule has 2 aromatic rings. The summed E-state index contributed by atoms with van der Waals surface area (Å²) in [7, 11) is -1.88. The van der Waals surface area contributed by atoms with E-state index in [2.05, 4.69) is 38.8 Å². The lowest BCUT2D eigenvalue weighted by atomic mass is 10.2. The first-order chi connectivity index (χ1) is 11.4. The van der Waals surface area contributed by atoms with Gasteiger partial charge in [0.15, 0.2) is 8.32 Å². The zero-order chi connectivity index (χ0) is 18.9. The SMILES string of the molecule is [2H]C([2H])([2H])c1oc(-c2ccccc2)nc1CCO[Si](C)(C)C(C)(C)C. The van der Waals surface area contributed by atoms with Crippen LogP contribution in [-0.2, 0) is 10.8 Å². The van der Waals surface area contributed by atoms with Gasteiger partial charge in [-0.15, -0.1) is 0 Å². The zero-order valence-corrected chi connectivity index (χ0v) is 15.1. The quantitative estimate of drug-likeness (QED) is 0.709. The first-order valence-electron chi connectivity index (χ1n) is 9.11. The molecular formula is C18H27NO2Si. The molecule has 1 aromatic carbocycles. The molecule has 0 aliphatic heterocycles. The number of hydrogen-bond acceptors (Lipinski definition) is 3. The van der Waals surface area contributed by atoms with Crippen LogP contribution in [0, 0.1) is 6.85 Å². The van der Waals surface area contributed by atoms with Crippen LogP contribution in [0.4, 0.5) is 0 Å². The van der Waals surface area contributed by atoms with E-state index in [9.17, 15) is 0 Å². The van der Waals surface area contributed by atoms with Crippen LogP contribution < -0.4 is 0 Å². The minimum atomic E-state index is -2.33. The van der Waals surface area contributed by atoms with Crippen LogP contribution in [0.25, 0.3) is 11.5 Å². The molecule has 0 N–H and O–H groups in total. The Morgan fingerprint density at radius 1 is 1.23 bits per heavy atom.